The summed E-state index contributed by atoms with van der Waals surface area (Å²) >= 11 is 3.36. The zero-order chi connectivity index (χ0) is 17.9. The summed E-state index contributed by atoms with van der Waals surface area (Å²) < 4.78 is 2.28. The molecular weight excluding hydrogens is 408 g/mol. The van der Waals surface area contributed by atoms with Crippen LogP contribution in [0.2, 0.25) is 0 Å². The molecule has 1 heterocycles. The van der Waals surface area contributed by atoms with Gasteiger partial charge in [0, 0.05) is 24.0 Å². The van der Waals surface area contributed by atoms with Gasteiger partial charge < -0.3 is 11.1 Å². The fourth-order valence-electron chi connectivity index (χ4n) is 2.32. The van der Waals surface area contributed by atoms with Crippen LogP contribution in [0, 0.1) is 5.92 Å². The molecule has 2 aromatic rings. The number of rotatable bonds is 6. The predicted molar refractivity (Wildman–Crippen MR) is 106 cm³/mol. The molecule has 8 heteroatoms. The first-order valence-corrected chi connectivity index (χ1v) is 8.72. The van der Waals surface area contributed by atoms with Crippen LogP contribution in [0.4, 0.5) is 0 Å². The highest BCUT2D eigenvalue weighted by Gasteiger charge is 2.28. The first-order chi connectivity index (χ1) is 11.3. The standard InChI is InChI=1S/C17H23BrN4O2.ClH/c1-11(2)17(3,9-19)21-15(23)6-7-22-10-20-14-5-4-12(18)8-13(14)16(22)24;/h4-5,8,10-11H,6-7,9,19H2,1-3H3,(H,21,23);1H. The molecule has 0 bridgehead atoms. The SMILES string of the molecule is CC(C)C(C)(CN)NC(=O)CCn1cnc2ccc(Br)cc2c1=O.Cl. The van der Waals surface area contributed by atoms with Crippen molar-refractivity contribution in [2.24, 2.45) is 11.7 Å². The summed E-state index contributed by atoms with van der Waals surface area (Å²) in [7, 11) is 0. The van der Waals surface area contributed by atoms with Gasteiger partial charge in [-0.05, 0) is 31.0 Å². The lowest BCUT2D eigenvalue weighted by atomic mass is 9.88. The van der Waals surface area contributed by atoms with Crippen molar-refractivity contribution >= 4 is 45.1 Å². The number of benzene rings is 1. The number of hydrogen-bond donors (Lipinski definition) is 2. The van der Waals surface area contributed by atoms with Crippen molar-refractivity contribution in [2.75, 3.05) is 6.54 Å². The normalized spacial score (nSPS) is 13.4. The van der Waals surface area contributed by atoms with Crippen LogP contribution in [-0.4, -0.2) is 27.5 Å². The smallest absolute Gasteiger partial charge is 0.261 e. The van der Waals surface area contributed by atoms with Gasteiger partial charge in [-0.2, -0.15) is 0 Å². The van der Waals surface area contributed by atoms with Gasteiger partial charge in [-0.1, -0.05) is 29.8 Å². The fourth-order valence-corrected chi connectivity index (χ4v) is 2.69. The molecule has 1 amide bonds. The molecule has 0 spiro atoms. The Morgan fingerprint density at radius 1 is 1.44 bits per heavy atom. The zero-order valence-corrected chi connectivity index (χ0v) is 17.0. The van der Waals surface area contributed by atoms with Crippen LogP contribution in [0.3, 0.4) is 0 Å². The largest absolute Gasteiger partial charge is 0.349 e. The van der Waals surface area contributed by atoms with Crippen molar-refractivity contribution in [1.29, 1.82) is 0 Å². The summed E-state index contributed by atoms with van der Waals surface area (Å²) in [6.45, 7) is 6.60. The van der Waals surface area contributed by atoms with E-state index in [0.717, 1.165) is 4.47 Å². The fraction of sp³-hybridized carbons (Fsp3) is 0.471. The lowest BCUT2D eigenvalue weighted by molar-refractivity contribution is -0.123. The Balaban J connectivity index is 0.00000312. The number of nitrogens with one attached hydrogen (secondary N) is 1. The van der Waals surface area contributed by atoms with Crippen molar-refractivity contribution in [2.45, 2.75) is 39.3 Å². The Labute approximate surface area is 161 Å². The predicted octanol–water partition coefficient (Wildman–Crippen LogP) is 2.46. The average Bonchev–Trinajstić information content (AvgIpc) is 2.54. The zero-order valence-electron chi connectivity index (χ0n) is 14.6. The summed E-state index contributed by atoms with van der Waals surface area (Å²) in [5.74, 6) is 0.0896. The molecule has 0 saturated carbocycles. The lowest BCUT2D eigenvalue weighted by Crippen LogP contribution is -2.55. The third kappa shape index (κ3) is 5.03. The van der Waals surface area contributed by atoms with Gasteiger partial charge in [0.05, 0.1) is 22.8 Å². The van der Waals surface area contributed by atoms with Crippen LogP contribution in [0.1, 0.15) is 27.2 Å². The minimum Gasteiger partial charge on any atom is -0.349 e. The highest BCUT2D eigenvalue weighted by Crippen LogP contribution is 2.16. The number of aromatic nitrogens is 2. The highest BCUT2D eigenvalue weighted by atomic mass is 79.9. The second-order valence-electron chi connectivity index (χ2n) is 6.48. The van der Waals surface area contributed by atoms with E-state index < -0.39 is 5.54 Å². The number of carbonyl (C=O) groups is 1. The van der Waals surface area contributed by atoms with Gasteiger partial charge in [0.25, 0.3) is 5.56 Å². The molecule has 0 aliphatic heterocycles. The van der Waals surface area contributed by atoms with Crippen LogP contribution >= 0.6 is 28.3 Å². The van der Waals surface area contributed by atoms with Gasteiger partial charge in [-0.15, -0.1) is 12.4 Å². The molecule has 1 unspecified atom stereocenters. The molecule has 0 saturated heterocycles. The van der Waals surface area contributed by atoms with Gasteiger partial charge in [-0.25, -0.2) is 4.98 Å². The van der Waals surface area contributed by atoms with Gasteiger partial charge in [0.15, 0.2) is 0 Å². The number of nitrogens with zero attached hydrogens (tertiary/aromatic N) is 2. The van der Waals surface area contributed by atoms with E-state index in [1.807, 2.05) is 26.8 Å². The number of amides is 1. The summed E-state index contributed by atoms with van der Waals surface area (Å²) in [6, 6.07) is 5.37. The maximum Gasteiger partial charge on any atom is 0.261 e. The molecule has 0 aliphatic carbocycles. The Morgan fingerprint density at radius 2 is 2.12 bits per heavy atom. The third-order valence-electron chi connectivity index (χ3n) is 4.49. The lowest BCUT2D eigenvalue weighted by Gasteiger charge is -2.33. The second-order valence-corrected chi connectivity index (χ2v) is 7.39. The number of nitrogens with two attached hydrogens (primary N) is 1. The average molecular weight is 432 g/mol. The van der Waals surface area contributed by atoms with Gasteiger partial charge in [-0.3, -0.25) is 14.2 Å². The van der Waals surface area contributed by atoms with Crippen molar-refractivity contribution in [3.05, 3.63) is 39.4 Å². The topological polar surface area (TPSA) is 90.0 Å². The molecule has 0 fully saturated rings. The molecule has 1 aromatic heterocycles. The minimum absolute atomic E-state index is 0. The van der Waals surface area contributed by atoms with Crippen LogP contribution in [0.5, 0.6) is 0 Å². The summed E-state index contributed by atoms with van der Waals surface area (Å²) in [6.07, 6.45) is 1.68. The van der Waals surface area contributed by atoms with E-state index in [1.165, 1.54) is 10.9 Å². The molecule has 1 atom stereocenters. The van der Waals surface area contributed by atoms with Crippen LogP contribution < -0.4 is 16.6 Å². The van der Waals surface area contributed by atoms with E-state index in [-0.39, 0.29) is 42.8 Å². The first kappa shape index (κ1) is 21.6. The van der Waals surface area contributed by atoms with E-state index >= 15 is 0 Å². The van der Waals surface area contributed by atoms with E-state index in [2.05, 4.69) is 26.2 Å². The van der Waals surface area contributed by atoms with Crippen molar-refractivity contribution in [1.82, 2.24) is 14.9 Å². The molecule has 25 heavy (non-hydrogen) atoms. The molecule has 138 valence electrons. The molecule has 3 N–H and O–H groups in total. The van der Waals surface area contributed by atoms with Gasteiger partial charge in [0.2, 0.25) is 5.91 Å². The van der Waals surface area contributed by atoms with Crippen molar-refractivity contribution < 1.29 is 4.79 Å². The van der Waals surface area contributed by atoms with Crippen LogP contribution in [0.25, 0.3) is 10.9 Å². The third-order valence-corrected chi connectivity index (χ3v) is 4.98. The number of hydrogen-bond acceptors (Lipinski definition) is 4. The number of halogens is 2. The van der Waals surface area contributed by atoms with Gasteiger partial charge >= 0.3 is 0 Å². The number of fused-ring (bicyclic) bond motifs is 1. The maximum atomic E-state index is 12.5. The molecule has 0 aliphatic rings. The Hall–Kier alpha value is -1.44. The summed E-state index contributed by atoms with van der Waals surface area (Å²) in [5, 5.41) is 3.50. The van der Waals surface area contributed by atoms with E-state index in [1.54, 1.807) is 12.1 Å². The molecule has 2 rings (SSSR count). The first-order valence-electron chi connectivity index (χ1n) is 7.92. The number of carbonyl (C=O) groups excluding carboxylic acids is 1. The van der Waals surface area contributed by atoms with Crippen LogP contribution in [0.15, 0.2) is 33.8 Å². The van der Waals surface area contributed by atoms with Gasteiger partial charge in [0.1, 0.15) is 0 Å². The van der Waals surface area contributed by atoms with E-state index in [4.69, 9.17) is 5.73 Å². The highest BCUT2D eigenvalue weighted by molar-refractivity contribution is 9.10. The summed E-state index contributed by atoms with van der Waals surface area (Å²) in [4.78, 5) is 29.0. The summed E-state index contributed by atoms with van der Waals surface area (Å²) in [5.41, 5.74) is 5.81. The molecular formula is C17H24BrClN4O2. The van der Waals surface area contributed by atoms with Crippen molar-refractivity contribution in [3.8, 4) is 0 Å². The van der Waals surface area contributed by atoms with Crippen LogP contribution in [-0.2, 0) is 11.3 Å². The van der Waals surface area contributed by atoms with Crippen molar-refractivity contribution in [3.63, 3.8) is 0 Å². The van der Waals surface area contributed by atoms with E-state index in [0.29, 0.717) is 17.4 Å². The Morgan fingerprint density at radius 3 is 2.72 bits per heavy atom. The Bertz CT molecular complexity index is 809. The molecule has 1 aromatic carbocycles. The second kappa shape index (κ2) is 8.78. The number of aryl methyl sites for hydroxylation is 1. The quantitative estimate of drug-likeness (QED) is 0.735. The monoisotopic (exact) mass is 430 g/mol. The maximum absolute atomic E-state index is 12.5. The van der Waals surface area contributed by atoms with E-state index in [9.17, 15) is 9.59 Å². The molecule has 0 radical (unpaired) electrons. The minimum atomic E-state index is -0.450. The Kier molecular flexibility index (Phi) is 7.59. The molecule has 6 nitrogen and oxygen atoms in total.